The Morgan fingerprint density at radius 2 is 1.00 bits per heavy atom. The number of nitrogens with zero attached hydrogens (tertiary/aromatic N) is 1. The maximum absolute atomic E-state index is 5.54. The number of rotatable bonds is 10. The van der Waals surface area contributed by atoms with Crippen LogP contribution in [0.25, 0.3) is 88.9 Å². The van der Waals surface area contributed by atoms with Crippen LogP contribution in [0.5, 0.6) is 5.75 Å². The molecule has 2 heteroatoms. The molecule has 0 aliphatic rings. The highest BCUT2D eigenvalue weighted by molar-refractivity contribution is 6.01. The lowest BCUT2D eigenvalue weighted by molar-refractivity contribution is 0.415. The van der Waals surface area contributed by atoms with Crippen LogP contribution < -0.4 is 4.74 Å². The number of methoxy groups -OCH3 is 1. The van der Waals surface area contributed by atoms with Crippen molar-refractivity contribution in [3.63, 3.8) is 0 Å². The number of terminal acetylenes is 1. The van der Waals surface area contributed by atoms with Gasteiger partial charge < -0.3 is 9.30 Å². The van der Waals surface area contributed by atoms with Gasteiger partial charge in [-0.05, 0) is 158 Å². The second kappa shape index (κ2) is 16.9. The molecule has 0 saturated carbocycles. The molecular formula is C58H43NO. The van der Waals surface area contributed by atoms with Crippen molar-refractivity contribution in [2.75, 3.05) is 7.11 Å². The van der Waals surface area contributed by atoms with Gasteiger partial charge in [-0.2, -0.15) is 0 Å². The Labute approximate surface area is 353 Å². The molecule has 9 aromatic rings. The first kappa shape index (κ1) is 37.7. The van der Waals surface area contributed by atoms with Crippen molar-refractivity contribution in [2.45, 2.75) is 6.92 Å². The van der Waals surface area contributed by atoms with Crippen molar-refractivity contribution in [3.05, 3.63) is 224 Å². The zero-order valence-corrected chi connectivity index (χ0v) is 33.7. The van der Waals surface area contributed by atoms with E-state index >= 15 is 0 Å². The van der Waals surface area contributed by atoms with Crippen molar-refractivity contribution in [1.29, 1.82) is 0 Å². The first-order chi connectivity index (χ1) is 29.5. The smallest absolute Gasteiger partial charge is 0.119 e. The van der Waals surface area contributed by atoms with E-state index in [1.165, 1.54) is 33.2 Å². The molecular weight excluding hydrogens is 727 g/mol. The van der Waals surface area contributed by atoms with Gasteiger partial charge >= 0.3 is 0 Å². The van der Waals surface area contributed by atoms with E-state index in [1.54, 1.807) is 13.2 Å². The lowest BCUT2D eigenvalue weighted by Gasteiger charge is -2.13. The van der Waals surface area contributed by atoms with Gasteiger partial charge in [0, 0.05) is 22.8 Å². The third kappa shape index (κ3) is 7.86. The minimum absolute atomic E-state index is 0.842. The quantitative estimate of drug-likeness (QED) is 0.0998. The first-order valence-corrected chi connectivity index (χ1v) is 20.2. The minimum atomic E-state index is 0.842. The van der Waals surface area contributed by atoms with Gasteiger partial charge in [-0.25, -0.2) is 0 Å². The molecule has 0 fully saturated rings. The maximum Gasteiger partial charge on any atom is 0.119 e. The summed E-state index contributed by atoms with van der Waals surface area (Å²) in [6, 6.07) is 69.7. The zero-order chi connectivity index (χ0) is 40.8. The second-order valence-corrected chi connectivity index (χ2v) is 15.0. The van der Waals surface area contributed by atoms with E-state index in [-0.39, 0.29) is 0 Å². The van der Waals surface area contributed by atoms with Crippen molar-refractivity contribution < 1.29 is 4.74 Å². The average molecular weight is 770 g/mol. The number of fused-ring (bicyclic) bond motifs is 1. The molecule has 0 atom stereocenters. The summed E-state index contributed by atoms with van der Waals surface area (Å²) in [6.07, 6.45) is 13.6. The fourth-order valence-electron chi connectivity index (χ4n) is 8.01. The van der Waals surface area contributed by atoms with Crippen LogP contribution in [0.3, 0.4) is 0 Å². The van der Waals surface area contributed by atoms with Gasteiger partial charge in [-0.1, -0.05) is 139 Å². The van der Waals surface area contributed by atoms with Crippen LogP contribution in [0.15, 0.2) is 219 Å². The van der Waals surface area contributed by atoms with Crippen LogP contribution in [0.1, 0.15) is 12.5 Å². The van der Waals surface area contributed by atoms with E-state index in [0.29, 0.717) is 0 Å². The predicted molar refractivity (Wildman–Crippen MR) is 254 cm³/mol. The number of hydrogen-bond acceptors (Lipinski definition) is 1. The highest BCUT2D eigenvalue weighted by atomic mass is 16.5. The van der Waals surface area contributed by atoms with Crippen LogP contribution >= 0.6 is 0 Å². The van der Waals surface area contributed by atoms with Crippen molar-refractivity contribution in [3.8, 4) is 90.5 Å². The lowest BCUT2D eigenvalue weighted by Crippen LogP contribution is -1.92. The number of allylic oxidation sites excluding steroid dienone is 4. The molecule has 0 aliphatic heterocycles. The fraction of sp³-hybridized carbons (Fsp3) is 0.0345. The summed E-state index contributed by atoms with van der Waals surface area (Å²) in [7, 11) is 1.71. The normalized spacial score (nSPS) is 11.5. The molecule has 1 heterocycles. The molecule has 0 aliphatic carbocycles. The largest absolute Gasteiger partial charge is 0.497 e. The standard InChI is InChI=1S/C58H43NO/c1-4-5-9-17-41(2)48-32-49(42-18-10-6-11-19-42)35-52(33-48)47-28-31-58-56(39-47)57(40-59(58)54-29-26-45(27-30-54)46-24-16-25-55(38-46)60-3)53-36-50(43-20-12-7-13-21-43)34-51(37-53)44-22-14-8-15-23-44/h1,5-40H,2-3H3/b9-5-,41-17+. The highest BCUT2D eigenvalue weighted by Gasteiger charge is 2.17. The molecule has 0 N–H and O–H groups in total. The summed E-state index contributed by atoms with van der Waals surface area (Å²) in [6.45, 7) is 2.14. The van der Waals surface area contributed by atoms with E-state index < -0.39 is 0 Å². The minimum Gasteiger partial charge on any atom is -0.497 e. The molecule has 0 amide bonds. The summed E-state index contributed by atoms with van der Waals surface area (Å²) >= 11 is 0. The van der Waals surface area contributed by atoms with Crippen LogP contribution in [0.2, 0.25) is 0 Å². The molecule has 2 nitrogen and oxygen atoms in total. The number of aromatic nitrogens is 1. The number of hydrogen-bond donors (Lipinski definition) is 0. The van der Waals surface area contributed by atoms with Gasteiger partial charge in [0.2, 0.25) is 0 Å². The van der Waals surface area contributed by atoms with Crippen LogP contribution in [-0.4, -0.2) is 11.7 Å². The Hall–Kier alpha value is -7.86. The average Bonchev–Trinajstić information content (AvgIpc) is 3.71. The van der Waals surface area contributed by atoms with Crippen molar-refractivity contribution >= 4 is 16.5 Å². The zero-order valence-electron chi connectivity index (χ0n) is 33.7. The first-order valence-electron chi connectivity index (χ1n) is 20.2. The SMILES string of the molecule is C#C/C=C\C=C(/C)c1cc(-c2ccccc2)cc(-c2ccc3c(c2)c(-c2cc(-c4ccccc4)cc(-c4ccccc4)c2)cn3-c2ccc(-c3cccc(OC)c3)cc2)c1. The molecule has 0 spiro atoms. The number of ether oxygens (including phenoxy) is 1. The third-order valence-electron chi connectivity index (χ3n) is 11.2. The Morgan fingerprint density at radius 1 is 0.500 bits per heavy atom. The van der Waals surface area contributed by atoms with E-state index in [9.17, 15) is 0 Å². The Kier molecular flexibility index (Phi) is 10.6. The molecule has 286 valence electrons. The summed E-state index contributed by atoms with van der Waals surface area (Å²) in [5, 5.41) is 1.17. The van der Waals surface area contributed by atoms with Crippen LogP contribution in [0, 0.1) is 12.3 Å². The lowest BCUT2D eigenvalue weighted by atomic mass is 9.91. The molecule has 9 rings (SSSR count). The Bertz CT molecular complexity index is 3000. The highest BCUT2D eigenvalue weighted by Crippen LogP contribution is 2.41. The van der Waals surface area contributed by atoms with Gasteiger partial charge in [0.05, 0.1) is 12.6 Å². The fourth-order valence-corrected chi connectivity index (χ4v) is 8.01. The Balaban J connectivity index is 1.25. The summed E-state index contributed by atoms with van der Waals surface area (Å²) < 4.78 is 7.86. The molecule has 0 saturated heterocycles. The molecule has 60 heavy (non-hydrogen) atoms. The van der Waals surface area contributed by atoms with Gasteiger partial charge in [0.25, 0.3) is 0 Å². The monoisotopic (exact) mass is 769 g/mol. The summed E-state index contributed by atoms with van der Waals surface area (Å²) in [5.41, 5.74) is 18.4. The number of benzene rings is 8. The molecule has 8 aromatic carbocycles. The Morgan fingerprint density at radius 3 is 1.58 bits per heavy atom. The van der Waals surface area contributed by atoms with Crippen molar-refractivity contribution in [1.82, 2.24) is 4.57 Å². The molecule has 0 bridgehead atoms. The third-order valence-corrected chi connectivity index (χ3v) is 11.2. The van der Waals surface area contributed by atoms with E-state index in [1.807, 2.05) is 18.2 Å². The van der Waals surface area contributed by atoms with E-state index in [4.69, 9.17) is 11.2 Å². The topological polar surface area (TPSA) is 14.2 Å². The second-order valence-electron chi connectivity index (χ2n) is 15.0. The van der Waals surface area contributed by atoms with Crippen LogP contribution in [-0.2, 0) is 0 Å². The van der Waals surface area contributed by atoms with Crippen molar-refractivity contribution in [2.24, 2.45) is 0 Å². The van der Waals surface area contributed by atoms with E-state index in [2.05, 4.69) is 212 Å². The maximum atomic E-state index is 5.54. The van der Waals surface area contributed by atoms with Gasteiger partial charge in [-0.3, -0.25) is 0 Å². The molecule has 1 aromatic heterocycles. The summed E-state index contributed by atoms with van der Waals surface area (Å²) in [4.78, 5) is 0. The van der Waals surface area contributed by atoms with Gasteiger partial charge in [0.15, 0.2) is 0 Å². The predicted octanol–water partition coefficient (Wildman–Crippen LogP) is 15.2. The molecule has 0 radical (unpaired) electrons. The van der Waals surface area contributed by atoms with E-state index in [0.717, 1.165) is 67.0 Å². The van der Waals surface area contributed by atoms with Gasteiger partial charge in [0.1, 0.15) is 5.75 Å². The van der Waals surface area contributed by atoms with Gasteiger partial charge in [-0.15, -0.1) is 6.42 Å². The summed E-state index contributed by atoms with van der Waals surface area (Å²) in [5.74, 6) is 3.45. The van der Waals surface area contributed by atoms with Crippen LogP contribution in [0.4, 0.5) is 0 Å². The molecule has 0 unspecified atom stereocenters.